The van der Waals surface area contributed by atoms with Gasteiger partial charge in [-0.15, -0.1) is 11.8 Å². The van der Waals surface area contributed by atoms with Gasteiger partial charge in [-0.3, -0.25) is 14.7 Å². The fourth-order valence-electron chi connectivity index (χ4n) is 2.93. The number of hydrogen-bond donors (Lipinski definition) is 0. The summed E-state index contributed by atoms with van der Waals surface area (Å²) in [4.78, 5) is 24.7. The minimum atomic E-state index is -0.300. The van der Waals surface area contributed by atoms with Gasteiger partial charge in [0.25, 0.3) is 0 Å². The van der Waals surface area contributed by atoms with E-state index in [1.54, 1.807) is 23.2 Å². The number of aryl methyl sites for hydroxylation is 1. The molecule has 0 N–H and O–H groups in total. The van der Waals surface area contributed by atoms with Crippen molar-refractivity contribution in [3.63, 3.8) is 0 Å². The molecular weight excluding hydrogens is 441 g/mol. The predicted octanol–water partition coefficient (Wildman–Crippen LogP) is 6.12. The van der Waals surface area contributed by atoms with E-state index in [9.17, 15) is 9.18 Å². The van der Waals surface area contributed by atoms with Crippen LogP contribution >= 0.6 is 34.7 Å². The van der Waals surface area contributed by atoms with E-state index in [0.29, 0.717) is 16.7 Å². The van der Waals surface area contributed by atoms with Crippen molar-refractivity contribution in [2.45, 2.75) is 18.4 Å². The minimum Gasteiger partial charge on any atom is -0.281 e. The number of amides is 1. The van der Waals surface area contributed by atoms with E-state index in [-0.39, 0.29) is 17.5 Å². The zero-order chi connectivity index (χ0) is 21.1. The summed E-state index contributed by atoms with van der Waals surface area (Å²) >= 11 is 8.98. The lowest BCUT2D eigenvalue weighted by molar-refractivity contribution is -0.116. The molecule has 0 fully saturated rings. The van der Waals surface area contributed by atoms with Crippen LogP contribution in [0.5, 0.6) is 0 Å². The van der Waals surface area contributed by atoms with Crippen molar-refractivity contribution in [1.29, 1.82) is 0 Å². The molecule has 0 aliphatic heterocycles. The van der Waals surface area contributed by atoms with Gasteiger partial charge in [0.2, 0.25) is 5.91 Å². The Balaban J connectivity index is 1.63. The smallest absolute Gasteiger partial charge is 0.239 e. The van der Waals surface area contributed by atoms with Crippen LogP contribution in [0.1, 0.15) is 11.3 Å². The maximum atomic E-state index is 13.2. The molecule has 2 aromatic heterocycles. The zero-order valence-electron chi connectivity index (χ0n) is 16.0. The number of halogens is 2. The van der Waals surface area contributed by atoms with Crippen LogP contribution in [-0.4, -0.2) is 21.6 Å². The Kier molecular flexibility index (Phi) is 6.32. The fourth-order valence-corrected chi connectivity index (χ4v) is 5.14. The second-order valence-corrected chi connectivity index (χ2v) is 9.10. The standard InChI is InChI=1S/C22H17ClFN3OS2/c1-14-10-15(23)11-19-21(14)26-22(30-19)27(12-17-4-2-3-9-25-17)20(28)13-29-18-7-5-16(24)6-8-18/h2-11H,12-13H2,1H3. The number of carbonyl (C=O) groups is 1. The molecule has 0 spiro atoms. The van der Waals surface area contributed by atoms with E-state index < -0.39 is 0 Å². The molecule has 1 amide bonds. The van der Waals surface area contributed by atoms with Crippen LogP contribution < -0.4 is 4.90 Å². The summed E-state index contributed by atoms with van der Waals surface area (Å²) in [5, 5.41) is 1.25. The highest BCUT2D eigenvalue weighted by Crippen LogP contribution is 2.34. The van der Waals surface area contributed by atoms with Gasteiger partial charge >= 0.3 is 0 Å². The van der Waals surface area contributed by atoms with Gasteiger partial charge in [0, 0.05) is 16.1 Å². The van der Waals surface area contributed by atoms with Crippen LogP contribution in [0.3, 0.4) is 0 Å². The summed E-state index contributed by atoms with van der Waals surface area (Å²) in [6.07, 6.45) is 1.70. The SMILES string of the molecule is Cc1cc(Cl)cc2sc(N(Cc3ccccn3)C(=O)CSc3ccc(F)cc3)nc12. The van der Waals surface area contributed by atoms with Gasteiger partial charge in [-0.1, -0.05) is 29.0 Å². The third-order valence-corrected chi connectivity index (χ3v) is 6.63. The minimum absolute atomic E-state index is 0.0993. The molecule has 8 heteroatoms. The van der Waals surface area contributed by atoms with Gasteiger partial charge in [-0.2, -0.15) is 0 Å². The second-order valence-electron chi connectivity index (χ2n) is 6.61. The quantitative estimate of drug-likeness (QED) is 0.327. The first-order valence-corrected chi connectivity index (χ1v) is 11.3. The second kappa shape index (κ2) is 9.12. The predicted molar refractivity (Wildman–Crippen MR) is 122 cm³/mol. The molecule has 2 aromatic carbocycles. The van der Waals surface area contributed by atoms with E-state index >= 15 is 0 Å². The third kappa shape index (κ3) is 4.80. The Morgan fingerprint density at radius 1 is 1.20 bits per heavy atom. The summed E-state index contributed by atoms with van der Waals surface area (Å²) in [6, 6.07) is 15.4. The van der Waals surface area contributed by atoms with Crippen LogP contribution in [-0.2, 0) is 11.3 Å². The summed E-state index contributed by atoms with van der Waals surface area (Å²) in [5.41, 5.74) is 2.57. The average Bonchev–Trinajstić information content (AvgIpc) is 3.16. The highest BCUT2D eigenvalue weighted by atomic mass is 35.5. The first-order chi connectivity index (χ1) is 14.5. The van der Waals surface area contributed by atoms with Crippen molar-refractivity contribution in [2.75, 3.05) is 10.7 Å². The molecule has 0 atom stereocenters. The number of rotatable bonds is 6. The monoisotopic (exact) mass is 457 g/mol. The van der Waals surface area contributed by atoms with Crippen molar-refractivity contribution >= 4 is 56.0 Å². The first kappa shape index (κ1) is 20.8. The van der Waals surface area contributed by atoms with E-state index in [4.69, 9.17) is 16.6 Å². The van der Waals surface area contributed by atoms with Crippen LogP contribution in [0.2, 0.25) is 5.02 Å². The number of thioether (sulfide) groups is 1. The molecule has 4 nitrogen and oxygen atoms in total. The highest BCUT2D eigenvalue weighted by Gasteiger charge is 2.21. The highest BCUT2D eigenvalue weighted by molar-refractivity contribution is 8.00. The Morgan fingerprint density at radius 3 is 2.73 bits per heavy atom. The summed E-state index contributed by atoms with van der Waals surface area (Å²) in [6.45, 7) is 2.27. The number of fused-ring (bicyclic) bond motifs is 1. The molecule has 4 rings (SSSR count). The number of nitrogens with zero attached hydrogens (tertiary/aromatic N) is 3. The zero-order valence-corrected chi connectivity index (χ0v) is 18.4. The molecule has 30 heavy (non-hydrogen) atoms. The van der Waals surface area contributed by atoms with Gasteiger partial charge in [0.05, 0.1) is 28.2 Å². The van der Waals surface area contributed by atoms with Crippen molar-refractivity contribution in [3.8, 4) is 0 Å². The molecule has 0 bridgehead atoms. The van der Waals surface area contributed by atoms with E-state index in [2.05, 4.69) is 4.98 Å². The maximum Gasteiger partial charge on any atom is 0.239 e. The molecule has 0 aliphatic rings. The number of anilines is 1. The van der Waals surface area contributed by atoms with Gasteiger partial charge in [0.1, 0.15) is 5.82 Å². The summed E-state index contributed by atoms with van der Waals surface area (Å²) < 4.78 is 14.1. The average molecular weight is 458 g/mol. The molecule has 0 unspecified atom stereocenters. The van der Waals surface area contributed by atoms with E-state index in [1.165, 1.54) is 35.2 Å². The topological polar surface area (TPSA) is 46.1 Å². The third-order valence-electron chi connectivity index (χ3n) is 4.39. The molecule has 0 saturated heterocycles. The molecule has 2 heterocycles. The van der Waals surface area contributed by atoms with Gasteiger partial charge in [-0.25, -0.2) is 9.37 Å². The van der Waals surface area contributed by atoms with Crippen molar-refractivity contribution in [1.82, 2.24) is 9.97 Å². The van der Waals surface area contributed by atoms with Crippen LogP contribution in [0.25, 0.3) is 10.2 Å². The number of aromatic nitrogens is 2. The maximum absolute atomic E-state index is 13.2. The van der Waals surface area contributed by atoms with Crippen molar-refractivity contribution < 1.29 is 9.18 Å². The Bertz CT molecular complexity index is 1180. The van der Waals surface area contributed by atoms with Gasteiger partial charge in [0.15, 0.2) is 5.13 Å². The normalized spacial score (nSPS) is 11.0. The lowest BCUT2D eigenvalue weighted by Crippen LogP contribution is -2.32. The van der Waals surface area contributed by atoms with E-state index in [1.807, 2.05) is 37.3 Å². The number of carbonyl (C=O) groups excluding carboxylic acids is 1. The Morgan fingerprint density at radius 2 is 2.00 bits per heavy atom. The number of pyridine rings is 1. The fraction of sp³-hybridized carbons (Fsp3) is 0.136. The van der Waals surface area contributed by atoms with Crippen molar-refractivity contribution in [3.05, 3.63) is 82.9 Å². The molecule has 152 valence electrons. The number of benzene rings is 2. The lowest BCUT2D eigenvalue weighted by Gasteiger charge is -2.19. The molecule has 4 aromatic rings. The van der Waals surface area contributed by atoms with Gasteiger partial charge in [-0.05, 0) is 61.0 Å². The number of thiazole rings is 1. The summed E-state index contributed by atoms with van der Waals surface area (Å²) in [7, 11) is 0. The summed E-state index contributed by atoms with van der Waals surface area (Å²) in [5.74, 6) is -0.197. The first-order valence-electron chi connectivity index (χ1n) is 9.15. The Labute approximate surface area is 186 Å². The number of hydrogen-bond acceptors (Lipinski definition) is 5. The van der Waals surface area contributed by atoms with E-state index in [0.717, 1.165) is 26.4 Å². The van der Waals surface area contributed by atoms with Crippen LogP contribution in [0.4, 0.5) is 9.52 Å². The van der Waals surface area contributed by atoms with Crippen molar-refractivity contribution in [2.24, 2.45) is 0 Å². The van der Waals surface area contributed by atoms with Gasteiger partial charge < -0.3 is 0 Å². The molecule has 0 aliphatic carbocycles. The largest absolute Gasteiger partial charge is 0.281 e. The van der Waals surface area contributed by atoms with Crippen LogP contribution in [0.15, 0.2) is 65.7 Å². The molecular formula is C22H17ClFN3OS2. The molecule has 0 saturated carbocycles. The lowest BCUT2D eigenvalue weighted by atomic mass is 10.2. The Hall–Kier alpha value is -2.48. The van der Waals surface area contributed by atoms with Crippen LogP contribution in [0, 0.1) is 12.7 Å². The molecule has 0 radical (unpaired) electrons.